The Morgan fingerprint density at radius 1 is 1.33 bits per heavy atom. The Morgan fingerprint density at radius 2 is 2.08 bits per heavy atom. The van der Waals surface area contributed by atoms with E-state index >= 15 is 0 Å². The average Bonchev–Trinajstić information content (AvgIpc) is 2.91. The van der Waals surface area contributed by atoms with Crippen molar-refractivity contribution in [2.45, 2.75) is 6.42 Å². The number of hydrogen-bond donors (Lipinski definition) is 1. The van der Waals surface area contributed by atoms with Gasteiger partial charge >= 0.3 is 0 Å². The number of aromatic nitrogens is 4. The molecule has 0 saturated heterocycles. The predicted molar refractivity (Wildman–Crippen MR) is 85.3 cm³/mol. The molecule has 1 N–H and O–H groups in total. The molecule has 1 aromatic carbocycles. The van der Waals surface area contributed by atoms with E-state index in [4.69, 9.17) is 4.74 Å². The van der Waals surface area contributed by atoms with Gasteiger partial charge in [-0.3, -0.25) is 4.79 Å². The first-order valence-corrected chi connectivity index (χ1v) is 7.33. The van der Waals surface area contributed by atoms with E-state index in [2.05, 4.69) is 20.3 Å². The molecule has 0 bridgehead atoms. The number of methoxy groups -OCH3 is 1. The van der Waals surface area contributed by atoms with Crippen LogP contribution in [0.4, 0.5) is 4.39 Å². The van der Waals surface area contributed by atoms with E-state index in [0.29, 0.717) is 18.7 Å². The minimum atomic E-state index is -0.373. The first-order valence-electron chi connectivity index (χ1n) is 7.33. The Kier molecular flexibility index (Phi) is 4.37. The van der Waals surface area contributed by atoms with Gasteiger partial charge in [0.2, 0.25) is 5.82 Å². The summed E-state index contributed by atoms with van der Waals surface area (Å²) in [5, 5.41) is 2.74. The summed E-state index contributed by atoms with van der Waals surface area (Å²) in [6, 6.07) is 4.45. The second-order valence-electron chi connectivity index (χ2n) is 5.17. The number of amides is 1. The van der Waals surface area contributed by atoms with E-state index in [1.165, 1.54) is 31.6 Å². The molecule has 124 valence electrons. The maximum Gasteiger partial charge on any atom is 0.289 e. The highest BCUT2D eigenvalue weighted by Crippen LogP contribution is 2.16. The van der Waals surface area contributed by atoms with Gasteiger partial charge in [0.05, 0.1) is 30.5 Å². The molecule has 1 amide bonds. The molecule has 2 aromatic heterocycles. The largest absolute Gasteiger partial charge is 0.494 e. The van der Waals surface area contributed by atoms with Gasteiger partial charge in [0, 0.05) is 20.0 Å². The topological polar surface area (TPSA) is 81.9 Å². The van der Waals surface area contributed by atoms with Gasteiger partial charge in [-0.15, -0.1) is 0 Å². The van der Waals surface area contributed by atoms with Crippen LogP contribution in [0.15, 0.2) is 30.6 Å². The lowest BCUT2D eigenvalue weighted by atomic mass is 10.3. The lowest BCUT2D eigenvalue weighted by Crippen LogP contribution is -2.28. The Morgan fingerprint density at radius 3 is 2.79 bits per heavy atom. The van der Waals surface area contributed by atoms with Crippen LogP contribution in [0.3, 0.4) is 0 Å². The first-order chi connectivity index (χ1) is 11.6. The highest BCUT2D eigenvalue weighted by atomic mass is 19.1. The van der Waals surface area contributed by atoms with Gasteiger partial charge in [0.1, 0.15) is 11.6 Å². The van der Waals surface area contributed by atoms with Crippen LogP contribution in [0.5, 0.6) is 5.75 Å². The van der Waals surface area contributed by atoms with Crippen LogP contribution in [0.2, 0.25) is 0 Å². The maximum absolute atomic E-state index is 13.3. The van der Waals surface area contributed by atoms with E-state index in [9.17, 15) is 9.18 Å². The number of nitrogens with zero attached hydrogens (tertiary/aromatic N) is 4. The number of rotatable bonds is 5. The Hall–Kier alpha value is -3.03. The van der Waals surface area contributed by atoms with E-state index in [0.717, 1.165) is 16.9 Å². The van der Waals surface area contributed by atoms with Crippen molar-refractivity contribution in [3.63, 3.8) is 0 Å². The smallest absolute Gasteiger partial charge is 0.289 e. The summed E-state index contributed by atoms with van der Waals surface area (Å²) in [5.74, 6) is 0.636. The van der Waals surface area contributed by atoms with Crippen molar-refractivity contribution in [1.29, 1.82) is 0 Å². The van der Waals surface area contributed by atoms with Crippen molar-refractivity contribution < 1.29 is 13.9 Å². The number of fused-ring (bicyclic) bond motifs is 1. The molecule has 3 aromatic rings. The van der Waals surface area contributed by atoms with Crippen molar-refractivity contribution in [3.05, 3.63) is 48.1 Å². The zero-order valence-corrected chi connectivity index (χ0v) is 13.3. The summed E-state index contributed by atoms with van der Waals surface area (Å²) in [4.78, 5) is 24.3. The summed E-state index contributed by atoms with van der Waals surface area (Å²) in [7, 11) is 3.32. The highest BCUT2D eigenvalue weighted by Gasteiger charge is 2.11. The van der Waals surface area contributed by atoms with Crippen LogP contribution in [0, 0.1) is 5.82 Å². The molecule has 8 heteroatoms. The predicted octanol–water partition coefficient (Wildman–Crippen LogP) is 1.48. The van der Waals surface area contributed by atoms with Crippen LogP contribution < -0.4 is 10.1 Å². The molecule has 0 atom stereocenters. The van der Waals surface area contributed by atoms with Crippen LogP contribution in [-0.2, 0) is 13.5 Å². The number of aryl methyl sites for hydroxylation is 1. The summed E-state index contributed by atoms with van der Waals surface area (Å²) >= 11 is 0. The fraction of sp³-hybridized carbons (Fsp3) is 0.250. The second kappa shape index (κ2) is 6.61. The Bertz CT molecular complexity index is 876. The quantitative estimate of drug-likeness (QED) is 0.767. The van der Waals surface area contributed by atoms with Crippen molar-refractivity contribution >= 4 is 16.9 Å². The molecular weight excluding hydrogens is 313 g/mol. The highest BCUT2D eigenvalue weighted by molar-refractivity contribution is 5.90. The minimum Gasteiger partial charge on any atom is -0.494 e. The number of benzene rings is 1. The molecule has 0 aliphatic rings. The van der Waals surface area contributed by atoms with E-state index < -0.39 is 0 Å². The van der Waals surface area contributed by atoms with E-state index in [1.54, 1.807) is 6.07 Å². The Balaban J connectivity index is 1.63. The van der Waals surface area contributed by atoms with Crippen molar-refractivity contribution in [1.82, 2.24) is 24.8 Å². The van der Waals surface area contributed by atoms with Gasteiger partial charge in [-0.2, -0.15) is 0 Å². The number of imidazole rings is 1. The first kappa shape index (κ1) is 15.9. The lowest BCUT2D eigenvalue weighted by molar-refractivity contribution is 0.0943. The minimum absolute atomic E-state index is 0.0721. The molecule has 0 saturated carbocycles. The van der Waals surface area contributed by atoms with Crippen LogP contribution in [0.1, 0.15) is 16.4 Å². The van der Waals surface area contributed by atoms with Gasteiger partial charge < -0.3 is 14.6 Å². The van der Waals surface area contributed by atoms with E-state index in [1.807, 2.05) is 11.6 Å². The number of carbonyl (C=O) groups excluding carboxylic acids is 1. The van der Waals surface area contributed by atoms with Crippen molar-refractivity contribution in [3.8, 4) is 5.75 Å². The molecule has 0 aliphatic carbocycles. The van der Waals surface area contributed by atoms with Gasteiger partial charge in [-0.05, 0) is 18.2 Å². The number of hydrogen-bond acceptors (Lipinski definition) is 5. The third kappa shape index (κ3) is 3.17. The van der Waals surface area contributed by atoms with Gasteiger partial charge in [0.15, 0.2) is 5.75 Å². The maximum atomic E-state index is 13.3. The van der Waals surface area contributed by atoms with Crippen LogP contribution in [-0.4, -0.2) is 39.1 Å². The van der Waals surface area contributed by atoms with Crippen LogP contribution >= 0.6 is 0 Å². The summed E-state index contributed by atoms with van der Waals surface area (Å²) in [5.41, 5.74) is 1.44. The normalized spacial score (nSPS) is 10.8. The number of halogens is 1. The van der Waals surface area contributed by atoms with Crippen molar-refractivity contribution in [2.75, 3.05) is 13.7 Å². The number of ether oxygens (including phenoxy) is 1. The Labute approximate surface area is 137 Å². The molecule has 0 spiro atoms. The van der Waals surface area contributed by atoms with Gasteiger partial charge in [-0.25, -0.2) is 19.3 Å². The van der Waals surface area contributed by atoms with E-state index in [-0.39, 0.29) is 17.5 Å². The van der Waals surface area contributed by atoms with Gasteiger partial charge in [-0.1, -0.05) is 0 Å². The standard InChI is InChI=1S/C16H16FN5O2/c1-22-13-7-10(17)3-4-12(13)21-14(22)5-6-18-16(23)15-19-8-11(24-2)9-20-15/h3-4,7-9H,5-6H2,1-2H3,(H,18,23). The summed E-state index contributed by atoms with van der Waals surface area (Å²) < 4.78 is 20.1. The SMILES string of the molecule is COc1cnc(C(=O)NCCc2nc3ccc(F)cc3n2C)nc1. The summed E-state index contributed by atoms with van der Waals surface area (Å²) in [6.45, 7) is 0.369. The van der Waals surface area contributed by atoms with Crippen LogP contribution in [0.25, 0.3) is 11.0 Å². The molecule has 0 aliphatic heterocycles. The molecule has 0 radical (unpaired) electrons. The molecule has 7 nitrogen and oxygen atoms in total. The monoisotopic (exact) mass is 329 g/mol. The second-order valence-corrected chi connectivity index (χ2v) is 5.17. The summed E-state index contributed by atoms with van der Waals surface area (Å²) in [6.07, 6.45) is 3.37. The molecule has 24 heavy (non-hydrogen) atoms. The third-order valence-electron chi connectivity index (χ3n) is 3.64. The fourth-order valence-corrected chi connectivity index (χ4v) is 2.34. The third-order valence-corrected chi connectivity index (χ3v) is 3.64. The zero-order valence-electron chi connectivity index (χ0n) is 13.3. The number of carbonyl (C=O) groups is 1. The molecule has 0 unspecified atom stereocenters. The van der Waals surface area contributed by atoms with Crippen molar-refractivity contribution in [2.24, 2.45) is 7.05 Å². The van der Waals surface area contributed by atoms with Gasteiger partial charge in [0.25, 0.3) is 5.91 Å². The fourth-order valence-electron chi connectivity index (χ4n) is 2.34. The average molecular weight is 329 g/mol. The number of nitrogens with one attached hydrogen (secondary N) is 1. The molecule has 3 rings (SSSR count). The molecule has 2 heterocycles. The molecular formula is C16H16FN5O2. The molecule has 0 fully saturated rings. The lowest BCUT2D eigenvalue weighted by Gasteiger charge is -2.05. The zero-order chi connectivity index (χ0) is 17.1.